The second kappa shape index (κ2) is 13.1. The van der Waals surface area contributed by atoms with Crippen molar-refractivity contribution in [3.63, 3.8) is 0 Å². The van der Waals surface area contributed by atoms with Crippen LogP contribution in [0.1, 0.15) is 5.56 Å². The lowest BCUT2D eigenvalue weighted by Crippen LogP contribution is -2.53. The molecule has 2 aromatic carbocycles. The standard InChI is InChI=1S/C29H29ClFN3O5/c1-5-19-7-6-8-20(15-19)27-33-25-18-29(37-4,39-14-12-36-3)26(38-13-11-35-2)17-22(25)28(34-27)32-21-9-10-24(31)23(30)16-21/h1,6-10,15-18,26H,11-14H2,2-4H3,(H,32,33,34). The van der Waals surface area contributed by atoms with Crippen molar-refractivity contribution in [1.29, 1.82) is 0 Å². The fraction of sp³-hybridized carbons (Fsp3) is 0.310. The van der Waals surface area contributed by atoms with Crippen molar-refractivity contribution in [3.05, 3.63) is 69.4 Å². The molecule has 1 aliphatic rings. The lowest BCUT2D eigenvalue weighted by molar-refractivity contribution is -0.229. The molecule has 0 amide bonds. The van der Waals surface area contributed by atoms with E-state index in [0.29, 0.717) is 52.2 Å². The van der Waals surface area contributed by atoms with E-state index in [1.165, 1.54) is 19.2 Å². The van der Waals surface area contributed by atoms with Crippen LogP contribution in [0.4, 0.5) is 15.9 Å². The highest BCUT2D eigenvalue weighted by molar-refractivity contribution is 6.31. The highest BCUT2D eigenvalue weighted by atomic mass is 35.5. The number of hydrogen-bond acceptors (Lipinski definition) is 8. The average Bonchev–Trinajstić information content (AvgIpc) is 2.95. The topological polar surface area (TPSA) is 84.0 Å². The van der Waals surface area contributed by atoms with E-state index in [1.807, 2.05) is 30.3 Å². The molecule has 0 aliphatic heterocycles. The molecule has 0 bridgehead atoms. The Balaban J connectivity index is 1.91. The van der Waals surface area contributed by atoms with E-state index in [-0.39, 0.29) is 18.2 Å². The van der Waals surface area contributed by atoms with Gasteiger partial charge in [0.25, 0.3) is 0 Å². The summed E-state index contributed by atoms with van der Waals surface area (Å²) in [5.41, 5.74) is 1.93. The zero-order valence-corrected chi connectivity index (χ0v) is 22.6. The largest absolute Gasteiger partial charge is 0.382 e. The molecular weight excluding hydrogens is 525 g/mol. The second-order valence-corrected chi connectivity index (χ2v) is 8.94. The minimum atomic E-state index is -1.30. The summed E-state index contributed by atoms with van der Waals surface area (Å²) in [6.45, 7) is 1.25. The van der Waals surface area contributed by atoms with Crippen molar-refractivity contribution >= 4 is 35.3 Å². The highest BCUT2D eigenvalue weighted by Crippen LogP contribution is 2.27. The molecule has 1 aromatic heterocycles. The molecule has 0 spiro atoms. The fourth-order valence-corrected chi connectivity index (χ4v) is 4.23. The minimum absolute atomic E-state index is 0.0221. The van der Waals surface area contributed by atoms with Crippen molar-refractivity contribution in [2.45, 2.75) is 11.9 Å². The molecule has 1 N–H and O–H groups in total. The van der Waals surface area contributed by atoms with Gasteiger partial charge in [0.2, 0.25) is 5.79 Å². The Hall–Kier alpha value is -3.36. The van der Waals surface area contributed by atoms with Crippen molar-refractivity contribution in [3.8, 4) is 23.7 Å². The molecule has 2 unspecified atom stereocenters. The molecule has 3 aromatic rings. The normalized spacial score (nSPS) is 18.0. The van der Waals surface area contributed by atoms with Gasteiger partial charge in [-0.05, 0) is 36.4 Å². The van der Waals surface area contributed by atoms with Crippen molar-refractivity contribution in [1.82, 2.24) is 9.97 Å². The molecule has 0 saturated heterocycles. The third kappa shape index (κ3) is 6.62. The van der Waals surface area contributed by atoms with Crippen LogP contribution in [0.15, 0.2) is 42.5 Å². The molecule has 1 heterocycles. The van der Waals surface area contributed by atoms with Crippen LogP contribution in [0.2, 0.25) is 5.02 Å². The molecule has 0 radical (unpaired) electrons. The summed E-state index contributed by atoms with van der Waals surface area (Å²) in [4.78, 5) is 9.63. The van der Waals surface area contributed by atoms with Gasteiger partial charge in [0.05, 0.1) is 36.8 Å². The SMILES string of the molecule is C#Cc1cccc(-c2nc(Nc3ccc(F)c(Cl)c3)c3c(n2)=CC(OC)(OCCOC)C(OCCOC)C=3)c1. The smallest absolute Gasteiger partial charge is 0.220 e. The molecule has 2 atom stereocenters. The molecule has 39 heavy (non-hydrogen) atoms. The number of ether oxygens (including phenoxy) is 5. The molecule has 1 aliphatic carbocycles. The van der Waals surface area contributed by atoms with Crippen LogP contribution in [0.25, 0.3) is 23.5 Å². The van der Waals surface area contributed by atoms with Gasteiger partial charge in [-0.15, -0.1) is 6.42 Å². The van der Waals surface area contributed by atoms with Gasteiger partial charge in [0, 0.05) is 49.4 Å². The van der Waals surface area contributed by atoms with Gasteiger partial charge in [0.1, 0.15) is 17.7 Å². The number of rotatable bonds is 12. The van der Waals surface area contributed by atoms with Gasteiger partial charge >= 0.3 is 0 Å². The molecule has 0 saturated carbocycles. The second-order valence-electron chi connectivity index (χ2n) is 8.54. The van der Waals surface area contributed by atoms with Crippen LogP contribution in [-0.4, -0.2) is 69.6 Å². The Labute approximate surface area is 231 Å². The molecule has 8 nitrogen and oxygen atoms in total. The van der Waals surface area contributed by atoms with Gasteiger partial charge in [-0.25, -0.2) is 14.4 Å². The van der Waals surface area contributed by atoms with Crippen LogP contribution < -0.4 is 15.9 Å². The van der Waals surface area contributed by atoms with Crippen LogP contribution in [0.3, 0.4) is 0 Å². The Morgan fingerprint density at radius 3 is 2.56 bits per heavy atom. The zero-order valence-electron chi connectivity index (χ0n) is 21.9. The summed E-state index contributed by atoms with van der Waals surface area (Å²) in [6.07, 6.45) is 8.53. The number of nitrogens with one attached hydrogen (secondary N) is 1. The fourth-order valence-electron chi connectivity index (χ4n) is 4.05. The maximum absolute atomic E-state index is 13.8. The molecular formula is C29H29ClFN3O5. The first-order valence-electron chi connectivity index (χ1n) is 12.1. The summed E-state index contributed by atoms with van der Waals surface area (Å²) in [5, 5.41) is 4.40. The van der Waals surface area contributed by atoms with Gasteiger partial charge in [-0.2, -0.15) is 0 Å². The van der Waals surface area contributed by atoms with Gasteiger partial charge in [-0.1, -0.05) is 29.7 Å². The number of anilines is 2. The van der Waals surface area contributed by atoms with E-state index in [1.54, 1.807) is 26.4 Å². The van der Waals surface area contributed by atoms with E-state index in [2.05, 4.69) is 11.2 Å². The van der Waals surface area contributed by atoms with E-state index < -0.39 is 17.7 Å². The Bertz CT molecular complexity index is 1480. The van der Waals surface area contributed by atoms with Crippen LogP contribution in [0, 0.1) is 18.2 Å². The number of hydrogen-bond donors (Lipinski definition) is 1. The highest BCUT2D eigenvalue weighted by Gasteiger charge is 2.41. The van der Waals surface area contributed by atoms with Crippen molar-refractivity contribution in [2.75, 3.05) is 53.1 Å². The van der Waals surface area contributed by atoms with Gasteiger partial charge in [-0.3, -0.25) is 0 Å². The molecule has 10 heteroatoms. The number of terminal acetylenes is 1. The van der Waals surface area contributed by atoms with Crippen LogP contribution in [0.5, 0.6) is 0 Å². The number of methoxy groups -OCH3 is 3. The summed E-state index contributed by atoms with van der Waals surface area (Å²) >= 11 is 6.04. The number of fused-ring (bicyclic) bond motifs is 1. The first-order valence-corrected chi connectivity index (χ1v) is 12.5. The lowest BCUT2D eigenvalue weighted by atomic mass is 10.0. The summed E-state index contributed by atoms with van der Waals surface area (Å²) in [7, 11) is 4.71. The Morgan fingerprint density at radius 2 is 1.85 bits per heavy atom. The minimum Gasteiger partial charge on any atom is -0.382 e. The summed E-state index contributed by atoms with van der Waals surface area (Å²) in [6, 6.07) is 11.7. The first-order chi connectivity index (χ1) is 18.9. The maximum Gasteiger partial charge on any atom is 0.220 e. The lowest BCUT2D eigenvalue weighted by Gasteiger charge is -2.36. The first kappa shape index (κ1) is 28.6. The third-order valence-corrected chi connectivity index (χ3v) is 6.31. The zero-order chi connectivity index (χ0) is 27.8. The van der Waals surface area contributed by atoms with E-state index in [4.69, 9.17) is 51.7 Å². The third-order valence-electron chi connectivity index (χ3n) is 6.02. The quantitative estimate of drug-likeness (QED) is 0.208. The van der Waals surface area contributed by atoms with Crippen LogP contribution in [-0.2, 0) is 23.7 Å². The number of aromatic nitrogens is 2. The number of nitrogens with zero attached hydrogens (tertiary/aromatic N) is 2. The maximum atomic E-state index is 13.8. The van der Waals surface area contributed by atoms with Gasteiger partial charge < -0.3 is 29.0 Å². The predicted molar refractivity (Wildman–Crippen MR) is 147 cm³/mol. The van der Waals surface area contributed by atoms with Crippen molar-refractivity contribution < 1.29 is 28.1 Å². The predicted octanol–water partition coefficient (Wildman–Crippen LogP) is 3.27. The van der Waals surface area contributed by atoms with E-state index in [0.717, 1.165) is 0 Å². The number of halogens is 2. The van der Waals surface area contributed by atoms with E-state index >= 15 is 0 Å². The van der Waals surface area contributed by atoms with Gasteiger partial charge in [0.15, 0.2) is 5.82 Å². The summed E-state index contributed by atoms with van der Waals surface area (Å²) in [5.74, 6) is 1.66. The Morgan fingerprint density at radius 1 is 1.05 bits per heavy atom. The molecule has 4 rings (SSSR count). The summed E-state index contributed by atoms with van der Waals surface area (Å²) < 4.78 is 42.4. The Kier molecular flexibility index (Phi) is 9.64. The number of benzene rings is 2. The van der Waals surface area contributed by atoms with Crippen molar-refractivity contribution in [2.24, 2.45) is 0 Å². The molecule has 204 valence electrons. The van der Waals surface area contributed by atoms with E-state index in [9.17, 15) is 4.39 Å². The monoisotopic (exact) mass is 553 g/mol. The average molecular weight is 554 g/mol. The molecule has 0 fully saturated rings. The van der Waals surface area contributed by atoms with Crippen LogP contribution >= 0.6 is 11.6 Å².